The number of nitrogens with one attached hydrogen (secondary N) is 1. The molecule has 0 atom stereocenters. The number of aromatic nitrogens is 2. The van der Waals surface area contributed by atoms with Crippen molar-refractivity contribution >= 4 is 11.7 Å². The van der Waals surface area contributed by atoms with Gasteiger partial charge in [-0.3, -0.25) is 14.4 Å². The van der Waals surface area contributed by atoms with Crippen molar-refractivity contribution in [1.29, 1.82) is 0 Å². The van der Waals surface area contributed by atoms with Gasteiger partial charge in [0.25, 0.3) is 11.5 Å². The molecule has 0 bridgehead atoms. The van der Waals surface area contributed by atoms with Crippen molar-refractivity contribution in [2.75, 3.05) is 13.2 Å². The molecule has 0 saturated carbocycles. The number of ketones is 1. The number of rotatable bonds is 8. The summed E-state index contributed by atoms with van der Waals surface area (Å²) in [4.78, 5) is 35.7. The summed E-state index contributed by atoms with van der Waals surface area (Å²) >= 11 is 0. The molecule has 0 saturated heterocycles. The normalized spacial score (nSPS) is 10.3. The summed E-state index contributed by atoms with van der Waals surface area (Å²) in [5.41, 5.74) is 0.935. The fourth-order valence-electron chi connectivity index (χ4n) is 2.52. The quantitative estimate of drug-likeness (QED) is 0.603. The van der Waals surface area contributed by atoms with Crippen molar-refractivity contribution in [2.24, 2.45) is 0 Å². The van der Waals surface area contributed by atoms with Crippen LogP contribution in [0.2, 0.25) is 0 Å². The number of ether oxygens (including phenoxy) is 1. The second-order valence-corrected chi connectivity index (χ2v) is 5.94. The third-order valence-electron chi connectivity index (χ3n) is 3.95. The highest BCUT2D eigenvalue weighted by Crippen LogP contribution is 2.15. The Labute approximate surface area is 161 Å². The molecule has 0 radical (unpaired) electrons. The molecule has 1 heterocycles. The molecule has 0 spiro atoms. The lowest BCUT2D eigenvalue weighted by atomic mass is 10.0. The maximum atomic E-state index is 12.3. The predicted octanol–water partition coefficient (Wildman–Crippen LogP) is 1.67. The van der Waals surface area contributed by atoms with E-state index < -0.39 is 0 Å². The summed E-state index contributed by atoms with van der Waals surface area (Å²) in [5, 5.41) is 6.57. The van der Waals surface area contributed by atoms with E-state index in [0.29, 0.717) is 16.9 Å². The zero-order valence-corrected chi connectivity index (χ0v) is 15.1. The van der Waals surface area contributed by atoms with Crippen molar-refractivity contribution in [2.45, 2.75) is 6.54 Å². The van der Waals surface area contributed by atoms with Crippen LogP contribution in [0.5, 0.6) is 5.75 Å². The van der Waals surface area contributed by atoms with Gasteiger partial charge in [-0.05, 0) is 30.3 Å². The number of carbonyl (C=O) groups is 2. The van der Waals surface area contributed by atoms with Crippen LogP contribution in [0.25, 0.3) is 0 Å². The van der Waals surface area contributed by atoms with Gasteiger partial charge in [-0.25, -0.2) is 4.68 Å². The van der Waals surface area contributed by atoms with Gasteiger partial charge in [0.05, 0.1) is 6.54 Å². The van der Waals surface area contributed by atoms with Gasteiger partial charge in [-0.2, -0.15) is 5.10 Å². The first-order valence-electron chi connectivity index (χ1n) is 8.75. The van der Waals surface area contributed by atoms with Gasteiger partial charge in [0.2, 0.25) is 0 Å². The molecular formula is C21H19N3O4. The molecule has 2 aromatic carbocycles. The number of hydrogen-bond donors (Lipinski definition) is 1. The lowest BCUT2D eigenvalue weighted by Gasteiger charge is -2.08. The zero-order valence-electron chi connectivity index (χ0n) is 15.1. The Morgan fingerprint density at radius 1 is 0.929 bits per heavy atom. The molecule has 0 aliphatic carbocycles. The maximum Gasteiger partial charge on any atom is 0.266 e. The highest BCUT2D eigenvalue weighted by molar-refractivity contribution is 6.08. The van der Waals surface area contributed by atoms with E-state index in [1.54, 1.807) is 42.5 Å². The molecule has 0 fully saturated rings. The minimum Gasteiger partial charge on any atom is -0.484 e. The molecule has 7 heteroatoms. The first-order valence-corrected chi connectivity index (χ1v) is 8.75. The second-order valence-electron chi connectivity index (χ2n) is 5.94. The lowest BCUT2D eigenvalue weighted by molar-refractivity contribution is -0.123. The summed E-state index contributed by atoms with van der Waals surface area (Å²) in [6.07, 6.45) is 1.51. The van der Waals surface area contributed by atoms with E-state index >= 15 is 0 Å². The smallest absolute Gasteiger partial charge is 0.266 e. The maximum absolute atomic E-state index is 12.3. The summed E-state index contributed by atoms with van der Waals surface area (Å²) in [5.74, 6) is 0.101. The van der Waals surface area contributed by atoms with E-state index in [4.69, 9.17) is 4.74 Å². The van der Waals surface area contributed by atoms with Crippen molar-refractivity contribution in [3.05, 3.63) is 94.4 Å². The van der Waals surface area contributed by atoms with Crippen molar-refractivity contribution in [3.63, 3.8) is 0 Å². The van der Waals surface area contributed by atoms with Gasteiger partial charge < -0.3 is 10.1 Å². The highest BCUT2D eigenvalue weighted by atomic mass is 16.5. The van der Waals surface area contributed by atoms with E-state index in [0.717, 1.165) is 0 Å². The Balaban J connectivity index is 1.45. The van der Waals surface area contributed by atoms with Crippen molar-refractivity contribution < 1.29 is 14.3 Å². The first-order chi connectivity index (χ1) is 13.6. The first kappa shape index (κ1) is 19.0. The number of nitrogens with zero attached hydrogens (tertiary/aromatic N) is 2. The molecule has 3 aromatic rings. The summed E-state index contributed by atoms with van der Waals surface area (Å²) in [7, 11) is 0. The molecule has 7 nitrogen and oxygen atoms in total. The van der Waals surface area contributed by atoms with Crippen LogP contribution in [0.4, 0.5) is 0 Å². The molecule has 0 aliphatic rings. The van der Waals surface area contributed by atoms with Crippen LogP contribution >= 0.6 is 0 Å². The summed E-state index contributed by atoms with van der Waals surface area (Å²) < 4.78 is 6.69. The largest absolute Gasteiger partial charge is 0.484 e. The topological polar surface area (TPSA) is 90.3 Å². The Hall–Kier alpha value is -3.74. The molecule has 0 unspecified atom stereocenters. The molecule has 1 aromatic heterocycles. The van der Waals surface area contributed by atoms with Gasteiger partial charge in [-0.1, -0.05) is 30.3 Å². The Morgan fingerprint density at radius 2 is 1.64 bits per heavy atom. The van der Waals surface area contributed by atoms with Gasteiger partial charge in [-0.15, -0.1) is 0 Å². The summed E-state index contributed by atoms with van der Waals surface area (Å²) in [6.45, 7) is 0.383. The van der Waals surface area contributed by atoms with E-state index in [2.05, 4.69) is 10.4 Å². The van der Waals surface area contributed by atoms with Gasteiger partial charge in [0.1, 0.15) is 5.75 Å². The molecular weight excluding hydrogens is 358 g/mol. The van der Waals surface area contributed by atoms with Crippen LogP contribution in [0.1, 0.15) is 15.9 Å². The Bertz CT molecular complexity index is 998. The molecule has 142 valence electrons. The number of benzene rings is 2. The summed E-state index contributed by atoms with van der Waals surface area (Å²) in [6, 6.07) is 18.6. The van der Waals surface area contributed by atoms with Crippen LogP contribution in [-0.2, 0) is 11.3 Å². The predicted molar refractivity (Wildman–Crippen MR) is 103 cm³/mol. The zero-order chi connectivity index (χ0) is 19.8. The van der Waals surface area contributed by atoms with Crippen LogP contribution in [0, 0.1) is 0 Å². The van der Waals surface area contributed by atoms with Gasteiger partial charge >= 0.3 is 0 Å². The third kappa shape index (κ3) is 5.14. The van der Waals surface area contributed by atoms with E-state index in [1.165, 1.54) is 16.9 Å². The fourth-order valence-corrected chi connectivity index (χ4v) is 2.52. The molecule has 3 rings (SSSR count). The average Bonchev–Trinajstić information content (AvgIpc) is 2.74. The lowest BCUT2D eigenvalue weighted by Crippen LogP contribution is -2.34. The Morgan fingerprint density at radius 3 is 2.36 bits per heavy atom. The van der Waals surface area contributed by atoms with Crippen molar-refractivity contribution in [3.8, 4) is 5.75 Å². The molecule has 1 N–H and O–H groups in total. The Kier molecular flexibility index (Phi) is 6.30. The van der Waals surface area contributed by atoms with Gasteiger partial charge in [0.15, 0.2) is 12.4 Å². The van der Waals surface area contributed by atoms with Crippen LogP contribution < -0.4 is 15.6 Å². The monoisotopic (exact) mass is 377 g/mol. The van der Waals surface area contributed by atoms with Crippen LogP contribution in [0.3, 0.4) is 0 Å². The van der Waals surface area contributed by atoms with Crippen molar-refractivity contribution in [1.82, 2.24) is 15.1 Å². The van der Waals surface area contributed by atoms with Gasteiger partial charge in [0, 0.05) is 29.9 Å². The molecule has 0 aliphatic heterocycles. The minimum absolute atomic E-state index is 0.0744. The molecule has 1 amide bonds. The number of amides is 1. The second kappa shape index (κ2) is 9.27. The standard InChI is InChI=1S/C21H19N3O4/c25-19(22-13-14-24-20(26)7-4-12-23-24)15-28-18-10-8-17(9-11-18)21(27)16-5-2-1-3-6-16/h1-12H,13-15H2,(H,22,25). The van der Waals surface area contributed by atoms with E-state index in [-0.39, 0.29) is 36.9 Å². The third-order valence-corrected chi connectivity index (χ3v) is 3.95. The van der Waals surface area contributed by atoms with Crippen LogP contribution in [0.15, 0.2) is 77.7 Å². The number of hydrogen-bond acceptors (Lipinski definition) is 5. The minimum atomic E-state index is -0.312. The SMILES string of the molecule is O=C(COc1ccc(C(=O)c2ccccc2)cc1)NCCn1ncccc1=O. The highest BCUT2D eigenvalue weighted by Gasteiger charge is 2.09. The average molecular weight is 377 g/mol. The van der Waals surface area contributed by atoms with Crippen LogP contribution in [-0.4, -0.2) is 34.6 Å². The van der Waals surface area contributed by atoms with E-state index in [9.17, 15) is 14.4 Å². The molecule has 28 heavy (non-hydrogen) atoms. The van der Waals surface area contributed by atoms with E-state index in [1.807, 2.05) is 18.2 Å². The fraction of sp³-hybridized carbons (Fsp3) is 0.143. The number of carbonyl (C=O) groups excluding carboxylic acids is 2.